The summed E-state index contributed by atoms with van der Waals surface area (Å²) < 4.78 is 1.86. The van der Waals surface area contributed by atoms with Crippen molar-refractivity contribution in [1.82, 2.24) is 9.55 Å². The molecular formula is C18H15N3O4. The molecule has 0 amide bonds. The molecule has 25 heavy (non-hydrogen) atoms. The lowest BCUT2D eigenvalue weighted by molar-refractivity contribution is -0.385. The van der Waals surface area contributed by atoms with Crippen LogP contribution in [0.4, 0.5) is 5.69 Å². The van der Waals surface area contributed by atoms with Crippen molar-refractivity contribution in [3.63, 3.8) is 0 Å². The number of hydrogen-bond donors (Lipinski definition) is 1. The fourth-order valence-electron chi connectivity index (χ4n) is 2.66. The number of nitro groups is 1. The van der Waals surface area contributed by atoms with Crippen LogP contribution in [0.15, 0.2) is 60.9 Å². The standard InChI is InChI=1S/C18H15N3O4/c22-18(23)15-6-3-4-13(10-15)12-20-9-8-19-17(20)11-14-5-1-2-7-16(14)21(24)25/h1-10H,11-12H2,(H,22,23). The van der Waals surface area contributed by atoms with Crippen LogP contribution in [0.1, 0.15) is 27.3 Å². The molecule has 1 heterocycles. The molecule has 1 N–H and O–H groups in total. The Morgan fingerprint density at radius 1 is 1.20 bits per heavy atom. The van der Waals surface area contributed by atoms with Gasteiger partial charge in [0.15, 0.2) is 0 Å². The number of para-hydroxylation sites is 1. The first-order valence-electron chi connectivity index (χ1n) is 7.59. The van der Waals surface area contributed by atoms with Crippen LogP contribution < -0.4 is 0 Å². The Balaban J connectivity index is 1.86. The lowest BCUT2D eigenvalue weighted by Gasteiger charge is -2.09. The zero-order valence-electron chi connectivity index (χ0n) is 13.2. The van der Waals surface area contributed by atoms with Gasteiger partial charge in [-0.3, -0.25) is 10.1 Å². The van der Waals surface area contributed by atoms with Crippen LogP contribution in [0, 0.1) is 10.1 Å². The van der Waals surface area contributed by atoms with Crippen molar-refractivity contribution in [2.24, 2.45) is 0 Å². The van der Waals surface area contributed by atoms with E-state index >= 15 is 0 Å². The number of hydrogen-bond acceptors (Lipinski definition) is 4. The summed E-state index contributed by atoms with van der Waals surface area (Å²) in [5, 5.41) is 20.2. The molecule has 3 rings (SSSR count). The van der Waals surface area contributed by atoms with Crippen molar-refractivity contribution < 1.29 is 14.8 Å². The van der Waals surface area contributed by atoms with E-state index in [2.05, 4.69) is 4.98 Å². The van der Waals surface area contributed by atoms with Crippen LogP contribution in [0.5, 0.6) is 0 Å². The largest absolute Gasteiger partial charge is 0.478 e. The van der Waals surface area contributed by atoms with Gasteiger partial charge in [0.05, 0.1) is 10.5 Å². The van der Waals surface area contributed by atoms with Crippen molar-refractivity contribution in [1.29, 1.82) is 0 Å². The predicted octanol–water partition coefficient (Wildman–Crippen LogP) is 3.13. The van der Waals surface area contributed by atoms with E-state index < -0.39 is 10.9 Å². The molecule has 0 unspecified atom stereocenters. The highest BCUT2D eigenvalue weighted by atomic mass is 16.6. The summed E-state index contributed by atoms with van der Waals surface area (Å²) in [5.41, 5.74) is 1.68. The number of carbonyl (C=O) groups is 1. The Labute approximate surface area is 143 Å². The molecule has 0 saturated carbocycles. The first-order chi connectivity index (χ1) is 12.0. The van der Waals surface area contributed by atoms with Crippen molar-refractivity contribution in [3.05, 3.63) is 93.6 Å². The number of nitrogens with zero attached hydrogens (tertiary/aromatic N) is 3. The quantitative estimate of drug-likeness (QED) is 0.550. The summed E-state index contributed by atoms with van der Waals surface area (Å²) in [5.74, 6) is -0.303. The lowest BCUT2D eigenvalue weighted by atomic mass is 10.1. The molecule has 0 radical (unpaired) electrons. The van der Waals surface area contributed by atoms with Crippen LogP contribution in [0.2, 0.25) is 0 Å². The second kappa shape index (κ2) is 6.96. The topological polar surface area (TPSA) is 98.3 Å². The van der Waals surface area contributed by atoms with E-state index in [4.69, 9.17) is 5.11 Å². The van der Waals surface area contributed by atoms with Crippen molar-refractivity contribution >= 4 is 11.7 Å². The molecule has 3 aromatic rings. The van der Waals surface area contributed by atoms with Gasteiger partial charge in [-0.2, -0.15) is 0 Å². The Bertz CT molecular complexity index is 933. The molecule has 0 fully saturated rings. The van der Waals surface area contributed by atoms with E-state index in [0.29, 0.717) is 24.4 Å². The number of carboxylic acid groups (broad SMARTS) is 1. The SMILES string of the molecule is O=C(O)c1cccc(Cn2ccnc2Cc2ccccc2[N+](=O)[O-])c1. The molecule has 2 aromatic carbocycles. The second-order valence-electron chi connectivity index (χ2n) is 5.54. The lowest BCUT2D eigenvalue weighted by Crippen LogP contribution is -2.07. The van der Waals surface area contributed by atoms with E-state index in [-0.39, 0.29) is 11.3 Å². The molecule has 7 nitrogen and oxygen atoms in total. The zero-order chi connectivity index (χ0) is 17.8. The molecule has 0 bridgehead atoms. The van der Waals surface area contributed by atoms with Crippen LogP contribution in [-0.4, -0.2) is 25.6 Å². The molecule has 0 saturated heterocycles. The average molecular weight is 337 g/mol. The Morgan fingerprint density at radius 2 is 2.00 bits per heavy atom. The maximum absolute atomic E-state index is 11.2. The minimum Gasteiger partial charge on any atom is -0.478 e. The summed E-state index contributed by atoms with van der Waals surface area (Å²) in [7, 11) is 0. The van der Waals surface area contributed by atoms with Crippen LogP contribution in [0.3, 0.4) is 0 Å². The molecule has 0 spiro atoms. The summed E-state index contributed by atoms with van der Waals surface area (Å²) in [4.78, 5) is 26.1. The number of nitro benzene ring substituents is 1. The number of carboxylic acids is 1. The highest BCUT2D eigenvalue weighted by molar-refractivity contribution is 5.87. The fourth-order valence-corrected chi connectivity index (χ4v) is 2.66. The first kappa shape index (κ1) is 16.4. The van der Waals surface area contributed by atoms with Gasteiger partial charge < -0.3 is 9.67 Å². The molecule has 0 aliphatic carbocycles. The highest BCUT2D eigenvalue weighted by Gasteiger charge is 2.15. The number of imidazole rings is 1. The Morgan fingerprint density at radius 3 is 2.76 bits per heavy atom. The minimum atomic E-state index is -0.979. The zero-order valence-corrected chi connectivity index (χ0v) is 13.2. The third-order valence-corrected chi connectivity index (χ3v) is 3.87. The third kappa shape index (κ3) is 3.72. The van der Waals surface area contributed by atoms with Gasteiger partial charge in [-0.25, -0.2) is 9.78 Å². The average Bonchev–Trinajstić information content (AvgIpc) is 3.02. The molecular weight excluding hydrogens is 322 g/mol. The highest BCUT2D eigenvalue weighted by Crippen LogP contribution is 2.21. The van der Waals surface area contributed by atoms with Crippen LogP contribution in [0.25, 0.3) is 0 Å². The number of aromatic nitrogens is 2. The number of rotatable bonds is 6. The first-order valence-corrected chi connectivity index (χ1v) is 7.59. The summed E-state index contributed by atoms with van der Waals surface area (Å²) in [6.45, 7) is 0.442. The van der Waals surface area contributed by atoms with E-state index in [1.165, 1.54) is 12.1 Å². The third-order valence-electron chi connectivity index (χ3n) is 3.87. The molecule has 7 heteroatoms. The summed E-state index contributed by atoms with van der Waals surface area (Å²) in [6.07, 6.45) is 3.73. The summed E-state index contributed by atoms with van der Waals surface area (Å²) >= 11 is 0. The monoisotopic (exact) mass is 337 g/mol. The van der Waals surface area contributed by atoms with Crippen LogP contribution in [-0.2, 0) is 13.0 Å². The van der Waals surface area contributed by atoms with Crippen molar-refractivity contribution in [2.45, 2.75) is 13.0 Å². The van der Waals surface area contributed by atoms with Gasteiger partial charge in [-0.1, -0.05) is 30.3 Å². The van der Waals surface area contributed by atoms with Crippen molar-refractivity contribution in [3.8, 4) is 0 Å². The van der Waals surface area contributed by atoms with Gasteiger partial charge in [0.2, 0.25) is 0 Å². The van der Waals surface area contributed by atoms with E-state index in [1.807, 2.05) is 10.6 Å². The van der Waals surface area contributed by atoms with Gasteiger partial charge in [0, 0.05) is 37.0 Å². The molecule has 0 aliphatic rings. The maximum atomic E-state index is 11.2. The van der Waals surface area contributed by atoms with Crippen LogP contribution >= 0.6 is 0 Å². The van der Waals surface area contributed by atoms with Crippen molar-refractivity contribution in [2.75, 3.05) is 0 Å². The normalized spacial score (nSPS) is 10.6. The maximum Gasteiger partial charge on any atom is 0.335 e. The fraction of sp³-hybridized carbons (Fsp3) is 0.111. The van der Waals surface area contributed by atoms with E-state index in [1.54, 1.807) is 42.7 Å². The smallest absolute Gasteiger partial charge is 0.335 e. The molecule has 0 aliphatic heterocycles. The van der Waals surface area contributed by atoms with E-state index in [0.717, 1.165) is 5.56 Å². The van der Waals surface area contributed by atoms with Gasteiger partial charge in [0.1, 0.15) is 5.82 Å². The molecule has 0 atom stereocenters. The van der Waals surface area contributed by atoms with E-state index in [9.17, 15) is 14.9 Å². The van der Waals surface area contributed by atoms with Gasteiger partial charge in [-0.15, -0.1) is 0 Å². The predicted molar refractivity (Wildman–Crippen MR) is 90.6 cm³/mol. The molecule has 1 aromatic heterocycles. The van der Waals surface area contributed by atoms with Gasteiger partial charge >= 0.3 is 5.97 Å². The molecule has 126 valence electrons. The Hall–Kier alpha value is -3.48. The Kier molecular flexibility index (Phi) is 4.56. The van der Waals surface area contributed by atoms with Gasteiger partial charge in [-0.05, 0) is 17.7 Å². The minimum absolute atomic E-state index is 0.0601. The summed E-state index contributed by atoms with van der Waals surface area (Å²) in [6, 6.07) is 13.2. The second-order valence-corrected chi connectivity index (χ2v) is 5.54. The number of aromatic carboxylic acids is 1. The van der Waals surface area contributed by atoms with Gasteiger partial charge in [0.25, 0.3) is 5.69 Å². The number of benzene rings is 2.